The van der Waals surface area contributed by atoms with Gasteiger partial charge in [0.25, 0.3) is 0 Å². The van der Waals surface area contributed by atoms with Crippen LogP contribution in [0.2, 0.25) is 5.02 Å². The Kier molecular flexibility index (Phi) is 5.65. The van der Waals surface area contributed by atoms with Crippen molar-refractivity contribution in [3.05, 3.63) is 101 Å². The van der Waals surface area contributed by atoms with Gasteiger partial charge in [0.05, 0.1) is 11.7 Å². The number of amidine groups is 1. The third-order valence-electron chi connectivity index (χ3n) is 4.72. The van der Waals surface area contributed by atoms with E-state index in [1.54, 1.807) is 0 Å². The molecular formula is C22H20Cl2N2. The summed E-state index contributed by atoms with van der Waals surface area (Å²) in [5.41, 5.74) is 4.68. The lowest BCUT2D eigenvalue weighted by atomic mass is 9.97. The highest BCUT2D eigenvalue weighted by atomic mass is 35.5. The predicted molar refractivity (Wildman–Crippen MR) is 112 cm³/mol. The summed E-state index contributed by atoms with van der Waals surface area (Å²) in [6.45, 7) is 0. The summed E-state index contributed by atoms with van der Waals surface area (Å²) < 4.78 is 0. The van der Waals surface area contributed by atoms with Crippen LogP contribution in [0.4, 0.5) is 5.69 Å². The van der Waals surface area contributed by atoms with Gasteiger partial charge >= 0.3 is 0 Å². The number of benzene rings is 3. The first-order chi connectivity index (χ1) is 12.2. The van der Waals surface area contributed by atoms with Crippen LogP contribution in [0.3, 0.4) is 0 Å². The zero-order valence-corrected chi connectivity index (χ0v) is 16.0. The second-order valence-corrected chi connectivity index (χ2v) is 6.75. The molecule has 0 spiro atoms. The molecule has 0 saturated carbocycles. The summed E-state index contributed by atoms with van der Waals surface area (Å²) in [7, 11) is 2.12. The zero-order valence-electron chi connectivity index (χ0n) is 14.5. The van der Waals surface area contributed by atoms with E-state index in [9.17, 15) is 0 Å². The van der Waals surface area contributed by atoms with Crippen molar-refractivity contribution >= 4 is 35.5 Å². The molecule has 0 radical (unpaired) electrons. The number of para-hydroxylation sites is 1. The molecule has 26 heavy (non-hydrogen) atoms. The molecule has 3 aromatic rings. The first-order valence-electron chi connectivity index (χ1n) is 8.43. The van der Waals surface area contributed by atoms with Crippen molar-refractivity contribution in [1.82, 2.24) is 4.90 Å². The quantitative estimate of drug-likeness (QED) is 0.524. The van der Waals surface area contributed by atoms with Crippen LogP contribution in [0.5, 0.6) is 0 Å². The van der Waals surface area contributed by atoms with Gasteiger partial charge in [-0.15, -0.1) is 12.4 Å². The number of hydrogen-bond donors (Lipinski definition) is 0. The highest BCUT2D eigenvalue weighted by Gasteiger charge is 2.25. The summed E-state index contributed by atoms with van der Waals surface area (Å²) in [4.78, 5) is 7.28. The Hall–Kier alpha value is -2.29. The van der Waals surface area contributed by atoms with Gasteiger partial charge in [-0.05, 0) is 35.7 Å². The van der Waals surface area contributed by atoms with Crippen LogP contribution in [-0.2, 0) is 6.42 Å². The molecule has 0 N–H and O–H groups in total. The van der Waals surface area contributed by atoms with Crippen molar-refractivity contribution in [2.75, 3.05) is 7.05 Å². The van der Waals surface area contributed by atoms with Gasteiger partial charge in [0.1, 0.15) is 5.84 Å². The van der Waals surface area contributed by atoms with Gasteiger partial charge in [-0.2, -0.15) is 0 Å². The average molecular weight is 383 g/mol. The molecule has 1 aliphatic rings. The van der Waals surface area contributed by atoms with E-state index in [4.69, 9.17) is 16.6 Å². The number of aliphatic imine (C=N–C) groups is 1. The highest BCUT2D eigenvalue weighted by Crippen LogP contribution is 2.34. The summed E-state index contributed by atoms with van der Waals surface area (Å²) in [5, 5.41) is 0.761. The molecule has 1 heterocycles. The van der Waals surface area contributed by atoms with Gasteiger partial charge in [0.15, 0.2) is 0 Å². The van der Waals surface area contributed by atoms with Crippen LogP contribution in [0.25, 0.3) is 0 Å². The van der Waals surface area contributed by atoms with Crippen LogP contribution in [0, 0.1) is 0 Å². The molecule has 2 nitrogen and oxygen atoms in total. The van der Waals surface area contributed by atoms with Gasteiger partial charge in [-0.1, -0.05) is 72.3 Å². The molecule has 3 aromatic carbocycles. The Labute approximate surface area is 165 Å². The highest BCUT2D eigenvalue weighted by molar-refractivity contribution is 6.30. The third kappa shape index (κ3) is 3.62. The minimum Gasteiger partial charge on any atom is -0.352 e. The Bertz CT molecular complexity index is 905. The van der Waals surface area contributed by atoms with Crippen molar-refractivity contribution in [1.29, 1.82) is 0 Å². The topological polar surface area (TPSA) is 15.6 Å². The molecule has 0 bridgehead atoms. The number of hydrogen-bond acceptors (Lipinski definition) is 2. The molecule has 0 aliphatic carbocycles. The normalized spacial score (nSPS) is 16.2. The lowest BCUT2D eigenvalue weighted by molar-refractivity contribution is 0.377. The molecule has 1 aliphatic heterocycles. The zero-order chi connectivity index (χ0) is 17.2. The van der Waals surface area contributed by atoms with Gasteiger partial charge in [0.2, 0.25) is 0 Å². The second-order valence-electron chi connectivity index (χ2n) is 6.31. The fourth-order valence-electron chi connectivity index (χ4n) is 3.36. The number of fused-ring (bicyclic) bond motifs is 1. The summed E-state index contributed by atoms with van der Waals surface area (Å²) >= 11 is 6.09. The molecule has 4 heteroatoms. The predicted octanol–water partition coefficient (Wildman–Crippen LogP) is 6.07. The van der Waals surface area contributed by atoms with Crippen molar-refractivity contribution in [2.45, 2.75) is 12.5 Å². The Morgan fingerprint density at radius 3 is 2.27 bits per heavy atom. The lowest BCUT2D eigenvalue weighted by Crippen LogP contribution is -2.32. The van der Waals surface area contributed by atoms with E-state index in [-0.39, 0.29) is 18.4 Å². The van der Waals surface area contributed by atoms with E-state index in [0.717, 1.165) is 28.5 Å². The number of likely N-dealkylation sites (N-methyl/N-ethyl adjacent to an activating group) is 1. The molecule has 0 amide bonds. The maximum Gasteiger partial charge on any atom is 0.136 e. The molecule has 1 atom stereocenters. The summed E-state index contributed by atoms with van der Waals surface area (Å²) in [6.07, 6.45) is 0.911. The smallest absolute Gasteiger partial charge is 0.136 e. The molecule has 4 rings (SSSR count). The molecular weight excluding hydrogens is 363 g/mol. The molecule has 132 valence electrons. The first kappa shape index (κ1) is 18.5. The van der Waals surface area contributed by atoms with E-state index >= 15 is 0 Å². The maximum atomic E-state index is 6.09. The number of rotatable bonds is 2. The molecule has 0 fully saturated rings. The maximum absolute atomic E-state index is 6.09. The van der Waals surface area contributed by atoms with E-state index in [1.807, 2.05) is 24.3 Å². The van der Waals surface area contributed by atoms with Crippen LogP contribution in [-0.4, -0.2) is 17.8 Å². The van der Waals surface area contributed by atoms with E-state index in [0.29, 0.717) is 0 Å². The standard InChI is InChI=1S/C22H19ClN2.ClH/c1-25-21(16-11-13-19(23)14-12-16)15-18-9-5-6-10-20(18)24-22(25)17-7-3-2-4-8-17;/h2-14,21H,15H2,1H3;1H. The molecule has 0 aromatic heterocycles. The van der Waals surface area contributed by atoms with E-state index in [1.165, 1.54) is 11.1 Å². The van der Waals surface area contributed by atoms with Crippen LogP contribution < -0.4 is 0 Å². The third-order valence-corrected chi connectivity index (χ3v) is 4.97. The van der Waals surface area contributed by atoms with Gasteiger partial charge in [-0.3, -0.25) is 0 Å². The largest absolute Gasteiger partial charge is 0.352 e. The minimum absolute atomic E-state index is 0. The lowest BCUT2D eigenvalue weighted by Gasteiger charge is -2.30. The Balaban J connectivity index is 0.00000196. The van der Waals surface area contributed by atoms with E-state index in [2.05, 4.69) is 66.5 Å². The fourth-order valence-corrected chi connectivity index (χ4v) is 3.49. The number of halogens is 2. The van der Waals surface area contributed by atoms with E-state index < -0.39 is 0 Å². The van der Waals surface area contributed by atoms with Gasteiger partial charge in [0, 0.05) is 17.6 Å². The van der Waals surface area contributed by atoms with Gasteiger partial charge in [-0.25, -0.2) is 4.99 Å². The van der Waals surface area contributed by atoms with Crippen LogP contribution in [0.1, 0.15) is 22.7 Å². The summed E-state index contributed by atoms with van der Waals surface area (Å²) in [6, 6.07) is 27.1. The molecule has 1 unspecified atom stereocenters. The van der Waals surface area contributed by atoms with Crippen molar-refractivity contribution < 1.29 is 0 Å². The first-order valence-corrected chi connectivity index (χ1v) is 8.80. The van der Waals surface area contributed by atoms with Gasteiger partial charge < -0.3 is 4.90 Å². The van der Waals surface area contributed by atoms with Crippen molar-refractivity contribution in [3.63, 3.8) is 0 Å². The SMILES string of the molecule is CN1C(c2ccccc2)=Nc2ccccc2CC1c1ccc(Cl)cc1.Cl. The monoisotopic (exact) mass is 382 g/mol. The Morgan fingerprint density at radius 1 is 0.885 bits per heavy atom. The second kappa shape index (κ2) is 7.94. The molecule has 0 saturated heterocycles. The average Bonchev–Trinajstić information content (AvgIpc) is 2.80. The fraction of sp³-hybridized carbons (Fsp3) is 0.136. The van der Waals surface area contributed by atoms with Crippen molar-refractivity contribution in [2.24, 2.45) is 4.99 Å². The van der Waals surface area contributed by atoms with Crippen LogP contribution >= 0.6 is 24.0 Å². The Morgan fingerprint density at radius 2 is 1.54 bits per heavy atom. The van der Waals surface area contributed by atoms with Crippen molar-refractivity contribution in [3.8, 4) is 0 Å². The minimum atomic E-state index is 0. The number of nitrogens with zero attached hydrogens (tertiary/aromatic N) is 2. The van der Waals surface area contributed by atoms with Crippen LogP contribution in [0.15, 0.2) is 83.9 Å². The summed E-state index contributed by atoms with van der Waals surface area (Å²) in [5.74, 6) is 0.991.